The molecule has 7 heteroatoms. The Hall–Kier alpha value is -2.83. The minimum Gasteiger partial charge on any atom is -0.496 e. The third kappa shape index (κ3) is 4.22. The highest BCUT2D eigenvalue weighted by Gasteiger charge is 2.26. The normalized spacial score (nSPS) is 13.4. The molecule has 0 spiro atoms. The van der Waals surface area contributed by atoms with Crippen LogP contribution in [0.3, 0.4) is 0 Å². The molecule has 2 aromatic rings. The molecule has 1 fully saturated rings. The quantitative estimate of drug-likeness (QED) is 0.731. The first-order chi connectivity index (χ1) is 12.5. The Labute approximate surface area is 153 Å². The molecule has 0 bridgehead atoms. The summed E-state index contributed by atoms with van der Waals surface area (Å²) in [5.41, 5.74) is 2.19. The maximum Gasteiger partial charge on any atom is 0.341 e. The second-order valence-electron chi connectivity index (χ2n) is 6.61. The van der Waals surface area contributed by atoms with Gasteiger partial charge in [0.05, 0.1) is 19.9 Å². The van der Waals surface area contributed by atoms with Gasteiger partial charge in [-0.15, -0.1) is 0 Å². The fraction of sp³-hybridized carbons (Fsp3) is 0.421. The first kappa shape index (κ1) is 18.0. The molecule has 3 rings (SSSR count). The van der Waals surface area contributed by atoms with Crippen molar-refractivity contribution in [3.63, 3.8) is 0 Å². The fourth-order valence-corrected chi connectivity index (χ4v) is 2.64. The van der Waals surface area contributed by atoms with E-state index in [4.69, 9.17) is 9.47 Å². The number of nitrogens with one attached hydrogen (secondary N) is 2. The van der Waals surface area contributed by atoms with Crippen LogP contribution < -0.4 is 15.4 Å². The highest BCUT2D eigenvalue weighted by Crippen LogP contribution is 2.40. The van der Waals surface area contributed by atoms with Gasteiger partial charge in [0, 0.05) is 29.8 Å². The van der Waals surface area contributed by atoms with E-state index in [1.165, 1.54) is 27.1 Å². The zero-order valence-electron chi connectivity index (χ0n) is 15.5. The van der Waals surface area contributed by atoms with E-state index in [0.717, 1.165) is 11.4 Å². The van der Waals surface area contributed by atoms with Crippen molar-refractivity contribution in [3.05, 3.63) is 35.5 Å². The van der Waals surface area contributed by atoms with Gasteiger partial charge in [0.2, 0.25) is 5.95 Å². The lowest BCUT2D eigenvalue weighted by Gasteiger charge is -2.14. The molecule has 0 atom stereocenters. The van der Waals surface area contributed by atoms with Crippen molar-refractivity contribution in [2.75, 3.05) is 24.9 Å². The summed E-state index contributed by atoms with van der Waals surface area (Å²) in [6, 6.07) is 7.44. The lowest BCUT2D eigenvalue weighted by Crippen LogP contribution is -2.14. The van der Waals surface area contributed by atoms with Crippen LogP contribution in [0.1, 0.15) is 48.7 Å². The maximum atomic E-state index is 11.8. The number of hydrogen-bond acceptors (Lipinski definition) is 7. The monoisotopic (exact) mass is 356 g/mol. The van der Waals surface area contributed by atoms with Crippen LogP contribution in [0, 0.1) is 0 Å². The number of hydrogen-bond donors (Lipinski definition) is 2. The molecular weight excluding hydrogens is 332 g/mol. The van der Waals surface area contributed by atoms with E-state index in [9.17, 15) is 4.79 Å². The summed E-state index contributed by atoms with van der Waals surface area (Å²) in [4.78, 5) is 20.9. The van der Waals surface area contributed by atoms with E-state index in [2.05, 4.69) is 34.4 Å². The van der Waals surface area contributed by atoms with E-state index in [-0.39, 0.29) is 6.04 Å². The first-order valence-corrected chi connectivity index (χ1v) is 8.69. The van der Waals surface area contributed by atoms with Crippen molar-refractivity contribution in [1.82, 2.24) is 9.97 Å². The third-order valence-electron chi connectivity index (χ3n) is 4.04. The largest absolute Gasteiger partial charge is 0.496 e. The molecule has 138 valence electrons. The number of rotatable bonds is 7. The second-order valence-corrected chi connectivity index (χ2v) is 6.61. The lowest BCUT2D eigenvalue weighted by molar-refractivity contribution is 0.0597. The van der Waals surface area contributed by atoms with Gasteiger partial charge < -0.3 is 20.1 Å². The first-order valence-electron chi connectivity index (χ1n) is 8.69. The Bertz CT molecular complexity index is 803. The highest BCUT2D eigenvalue weighted by atomic mass is 16.5. The third-order valence-corrected chi connectivity index (χ3v) is 4.04. The number of carbonyl (C=O) groups is 1. The maximum absolute atomic E-state index is 11.8. The van der Waals surface area contributed by atoms with Gasteiger partial charge in [-0.05, 0) is 38.8 Å². The molecule has 1 saturated carbocycles. The summed E-state index contributed by atoms with van der Waals surface area (Å²) in [5, 5.41) is 6.54. The Balaban J connectivity index is 1.88. The molecule has 1 aromatic carbocycles. The standard InChI is InChI=1S/C19H24N4O3/c1-11(2)20-19-22-15(12-5-6-12)10-17(23-19)21-13-7-8-14(18(24)26-4)16(9-13)25-3/h7-12H,5-6H2,1-4H3,(H2,20,21,22,23). The van der Waals surface area contributed by atoms with Crippen molar-refractivity contribution in [2.45, 2.75) is 38.6 Å². The molecule has 1 aliphatic carbocycles. The summed E-state index contributed by atoms with van der Waals surface area (Å²) in [5.74, 6) is 1.85. The summed E-state index contributed by atoms with van der Waals surface area (Å²) in [7, 11) is 2.86. The molecule has 1 aliphatic rings. The Morgan fingerprint density at radius 1 is 1.19 bits per heavy atom. The molecule has 26 heavy (non-hydrogen) atoms. The van der Waals surface area contributed by atoms with E-state index in [1.807, 2.05) is 6.07 Å². The number of benzene rings is 1. The van der Waals surface area contributed by atoms with Crippen LogP contribution in [-0.4, -0.2) is 36.2 Å². The number of nitrogens with zero attached hydrogens (tertiary/aromatic N) is 2. The van der Waals surface area contributed by atoms with E-state index < -0.39 is 5.97 Å². The van der Waals surface area contributed by atoms with Crippen molar-refractivity contribution >= 4 is 23.4 Å². The molecule has 1 aromatic heterocycles. The SMILES string of the molecule is COC(=O)c1ccc(Nc2cc(C3CC3)nc(NC(C)C)n2)cc1OC. The Kier molecular flexibility index (Phi) is 5.25. The molecule has 0 aliphatic heterocycles. The lowest BCUT2D eigenvalue weighted by atomic mass is 10.1. The van der Waals surface area contributed by atoms with Gasteiger partial charge in [0.1, 0.15) is 17.1 Å². The van der Waals surface area contributed by atoms with Crippen LogP contribution in [0.5, 0.6) is 5.75 Å². The zero-order chi connectivity index (χ0) is 18.7. The van der Waals surface area contributed by atoms with Gasteiger partial charge in [-0.25, -0.2) is 9.78 Å². The second kappa shape index (κ2) is 7.59. The average Bonchev–Trinajstić information content (AvgIpc) is 3.45. The Morgan fingerprint density at radius 3 is 2.58 bits per heavy atom. The van der Waals surface area contributed by atoms with Gasteiger partial charge in [-0.2, -0.15) is 4.98 Å². The summed E-state index contributed by atoms with van der Waals surface area (Å²) >= 11 is 0. The van der Waals surface area contributed by atoms with Crippen LogP contribution in [0.2, 0.25) is 0 Å². The topological polar surface area (TPSA) is 85.4 Å². The van der Waals surface area contributed by atoms with E-state index in [0.29, 0.717) is 29.0 Å². The number of methoxy groups -OCH3 is 2. The number of anilines is 3. The zero-order valence-corrected chi connectivity index (χ0v) is 15.5. The minimum atomic E-state index is -0.435. The molecule has 0 unspecified atom stereocenters. The van der Waals surface area contributed by atoms with E-state index in [1.54, 1.807) is 18.2 Å². The predicted molar refractivity (Wildman–Crippen MR) is 100 cm³/mol. The van der Waals surface area contributed by atoms with Crippen molar-refractivity contribution in [1.29, 1.82) is 0 Å². The number of ether oxygens (including phenoxy) is 2. The van der Waals surface area contributed by atoms with E-state index >= 15 is 0 Å². The van der Waals surface area contributed by atoms with Gasteiger partial charge in [-0.3, -0.25) is 0 Å². The van der Waals surface area contributed by atoms with Gasteiger partial charge in [-0.1, -0.05) is 0 Å². The number of aromatic nitrogens is 2. The van der Waals surface area contributed by atoms with Crippen LogP contribution in [-0.2, 0) is 4.74 Å². The summed E-state index contributed by atoms with van der Waals surface area (Å²) < 4.78 is 10.1. The molecular formula is C19H24N4O3. The van der Waals surface area contributed by atoms with Crippen molar-refractivity contribution < 1.29 is 14.3 Å². The Morgan fingerprint density at radius 2 is 1.96 bits per heavy atom. The van der Waals surface area contributed by atoms with Crippen LogP contribution in [0.25, 0.3) is 0 Å². The summed E-state index contributed by atoms with van der Waals surface area (Å²) in [6.45, 7) is 4.10. The summed E-state index contributed by atoms with van der Waals surface area (Å²) in [6.07, 6.45) is 2.33. The molecule has 0 saturated heterocycles. The molecule has 7 nitrogen and oxygen atoms in total. The number of carbonyl (C=O) groups excluding carboxylic acids is 1. The van der Waals surface area contributed by atoms with Crippen LogP contribution >= 0.6 is 0 Å². The van der Waals surface area contributed by atoms with Gasteiger partial charge in [0.15, 0.2) is 0 Å². The molecule has 0 amide bonds. The average molecular weight is 356 g/mol. The fourth-order valence-electron chi connectivity index (χ4n) is 2.64. The highest BCUT2D eigenvalue weighted by molar-refractivity contribution is 5.93. The van der Waals surface area contributed by atoms with Crippen molar-refractivity contribution in [2.24, 2.45) is 0 Å². The van der Waals surface area contributed by atoms with Gasteiger partial charge in [0.25, 0.3) is 0 Å². The predicted octanol–water partition coefficient (Wildman–Crippen LogP) is 3.71. The van der Waals surface area contributed by atoms with Gasteiger partial charge >= 0.3 is 5.97 Å². The van der Waals surface area contributed by atoms with Crippen LogP contribution in [0.4, 0.5) is 17.5 Å². The molecule has 0 radical (unpaired) electrons. The number of esters is 1. The molecule has 1 heterocycles. The molecule has 2 N–H and O–H groups in total. The smallest absolute Gasteiger partial charge is 0.341 e. The van der Waals surface area contributed by atoms with Crippen LogP contribution in [0.15, 0.2) is 24.3 Å². The minimum absolute atomic E-state index is 0.247. The van der Waals surface area contributed by atoms with Crippen molar-refractivity contribution in [3.8, 4) is 5.75 Å².